The van der Waals surface area contributed by atoms with Gasteiger partial charge in [-0.15, -0.1) is 0 Å². The van der Waals surface area contributed by atoms with E-state index in [9.17, 15) is 0 Å². The fourth-order valence-corrected chi connectivity index (χ4v) is 2.29. The third kappa shape index (κ3) is 2.97. The summed E-state index contributed by atoms with van der Waals surface area (Å²) in [5, 5.41) is 4.34. The number of nitrogens with one attached hydrogen (secondary N) is 1. The van der Waals surface area contributed by atoms with Crippen molar-refractivity contribution in [2.45, 2.75) is 20.3 Å². The Labute approximate surface area is 128 Å². The van der Waals surface area contributed by atoms with Crippen LogP contribution in [0.1, 0.15) is 18.1 Å². The topological polar surface area (TPSA) is 47.0 Å². The number of rotatable bonds is 4. The maximum atomic E-state index is 6.10. The summed E-state index contributed by atoms with van der Waals surface area (Å²) in [6.45, 7) is 3.93. The molecule has 20 heavy (non-hydrogen) atoms. The van der Waals surface area contributed by atoms with Gasteiger partial charge in [0.05, 0.1) is 12.8 Å². The Morgan fingerprint density at radius 1 is 1.25 bits per heavy atom. The Balaban J connectivity index is 2.45. The standard InChI is InChI=1S/C14H15Cl2N3O/c1-4-9-13(16)17-7-18-14(9)19-11-5-8(2)10(15)6-12(11)20-3/h5-7H,4H2,1-3H3,(H,17,18,19). The molecule has 6 heteroatoms. The van der Waals surface area contributed by atoms with E-state index in [-0.39, 0.29) is 0 Å². The van der Waals surface area contributed by atoms with Gasteiger partial charge in [-0.25, -0.2) is 9.97 Å². The summed E-state index contributed by atoms with van der Waals surface area (Å²) in [6.07, 6.45) is 2.16. The summed E-state index contributed by atoms with van der Waals surface area (Å²) in [6, 6.07) is 3.68. The fourth-order valence-electron chi connectivity index (χ4n) is 1.87. The van der Waals surface area contributed by atoms with Crippen molar-refractivity contribution >= 4 is 34.7 Å². The second kappa shape index (κ2) is 6.29. The average Bonchev–Trinajstić information content (AvgIpc) is 2.43. The van der Waals surface area contributed by atoms with Gasteiger partial charge in [-0.2, -0.15) is 0 Å². The Hall–Kier alpha value is -1.52. The SMILES string of the molecule is CCc1c(Cl)ncnc1Nc1cc(C)c(Cl)cc1OC. The quantitative estimate of drug-likeness (QED) is 0.850. The molecule has 1 aromatic heterocycles. The van der Waals surface area contributed by atoms with Crippen molar-refractivity contribution in [3.63, 3.8) is 0 Å². The number of nitrogens with zero attached hydrogens (tertiary/aromatic N) is 2. The molecular weight excluding hydrogens is 297 g/mol. The molecule has 0 unspecified atom stereocenters. The Bertz CT molecular complexity index is 632. The number of anilines is 2. The van der Waals surface area contributed by atoms with E-state index in [1.807, 2.05) is 19.9 Å². The number of methoxy groups -OCH3 is 1. The molecule has 0 amide bonds. The Kier molecular flexibility index (Phi) is 4.68. The lowest BCUT2D eigenvalue weighted by molar-refractivity contribution is 0.416. The van der Waals surface area contributed by atoms with Crippen LogP contribution in [0.25, 0.3) is 0 Å². The average molecular weight is 312 g/mol. The largest absolute Gasteiger partial charge is 0.495 e. The van der Waals surface area contributed by atoms with Crippen LogP contribution in [0.2, 0.25) is 10.2 Å². The second-order valence-electron chi connectivity index (χ2n) is 4.27. The van der Waals surface area contributed by atoms with Crippen LogP contribution in [-0.4, -0.2) is 17.1 Å². The number of aryl methyl sites for hydroxylation is 1. The van der Waals surface area contributed by atoms with Crippen LogP contribution < -0.4 is 10.1 Å². The van der Waals surface area contributed by atoms with Crippen molar-refractivity contribution in [2.24, 2.45) is 0 Å². The third-order valence-electron chi connectivity index (χ3n) is 2.98. The molecule has 4 nitrogen and oxygen atoms in total. The van der Waals surface area contributed by atoms with Crippen molar-refractivity contribution in [1.82, 2.24) is 9.97 Å². The van der Waals surface area contributed by atoms with Gasteiger partial charge in [0.15, 0.2) is 0 Å². The van der Waals surface area contributed by atoms with Gasteiger partial charge >= 0.3 is 0 Å². The molecule has 1 N–H and O–H groups in total. The van der Waals surface area contributed by atoms with Crippen LogP contribution in [0.4, 0.5) is 11.5 Å². The molecule has 2 rings (SSSR count). The highest BCUT2D eigenvalue weighted by atomic mass is 35.5. The molecule has 0 spiro atoms. The lowest BCUT2D eigenvalue weighted by Gasteiger charge is -2.14. The smallest absolute Gasteiger partial charge is 0.143 e. The van der Waals surface area contributed by atoms with Crippen LogP contribution in [0.5, 0.6) is 5.75 Å². The zero-order chi connectivity index (χ0) is 14.7. The number of ether oxygens (including phenoxy) is 1. The van der Waals surface area contributed by atoms with Crippen LogP contribution >= 0.6 is 23.2 Å². The summed E-state index contributed by atoms with van der Waals surface area (Å²) in [4.78, 5) is 8.23. The lowest BCUT2D eigenvalue weighted by atomic mass is 10.2. The summed E-state index contributed by atoms with van der Waals surface area (Å²) in [7, 11) is 1.60. The monoisotopic (exact) mass is 311 g/mol. The minimum absolute atomic E-state index is 0.453. The van der Waals surface area contributed by atoms with E-state index in [2.05, 4.69) is 15.3 Å². The molecule has 0 saturated heterocycles. The van der Waals surface area contributed by atoms with Crippen LogP contribution in [0.3, 0.4) is 0 Å². The van der Waals surface area contributed by atoms with Gasteiger partial charge in [0, 0.05) is 16.7 Å². The normalized spacial score (nSPS) is 10.4. The van der Waals surface area contributed by atoms with Crippen LogP contribution in [0.15, 0.2) is 18.5 Å². The van der Waals surface area contributed by atoms with E-state index in [0.29, 0.717) is 21.7 Å². The van der Waals surface area contributed by atoms with Gasteiger partial charge in [0.2, 0.25) is 0 Å². The molecule has 0 bridgehead atoms. The Morgan fingerprint density at radius 3 is 2.65 bits per heavy atom. The molecule has 0 aliphatic rings. The van der Waals surface area contributed by atoms with E-state index in [0.717, 1.165) is 23.2 Å². The van der Waals surface area contributed by atoms with Gasteiger partial charge in [-0.3, -0.25) is 0 Å². The van der Waals surface area contributed by atoms with E-state index in [4.69, 9.17) is 27.9 Å². The minimum atomic E-state index is 0.453. The zero-order valence-corrected chi connectivity index (χ0v) is 13.0. The van der Waals surface area contributed by atoms with Crippen LogP contribution in [-0.2, 0) is 6.42 Å². The fraction of sp³-hybridized carbons (Fsp3) is 0.286. The first kappa shape index (κ1) is 14.9. The molecular formula is C14H15Cl2N3O. The van der Waals surface area contributed by atoms with Crippen LogP contribution in [0, 0.1) is 6.92 Å². The summed E-state index contributed by atoms with van der Waals surface area (Å²) < 4.78 is 5.33. The third-order valence-corrected chi connectivity index (χ3v) is 3.71. The highest BCUT2D eigenvalue weighted by Gasteiger charge is 2.12. The van der Waals surface area contributed by atoms with Gasteiger partial charge in [0.1, 0.15) is 23.0 Å². The molecule has 2 aromatic rings. The molecule has 1 heterocycles. The molecule has 0 atom stereocenters. The van der Waals surface area contributed by atoms with Crippen molar-refractivity contribution in [2.75, 3.05) is 12.4 Å². The van der Waals surface area contributed by atoms with E-state index < -0.39 is 0 Å². The molecule has 0 aliphatic carbocycles. The highest BCUT2D eigenvalue weighted by Crippen LogP contribution is 2.34. The van der Waals surface area contributed by atoms with Crippen molar-refractivity contribution in [3.05, 3.63) is 39.8 Å². The minimum Gasteiger partial charge on any atom is -0.495 e. The molecule has 0 saturated carbocycles. The van der Waals surface area contributed by atoms with E-state index in [1.54, 1.807) is 13.2 Å². The first-order valence-electron chi connectivity index (χ1n) is 6.17. The number of hydrogen-bond donors (Lipinski definition) is 1. The first-order chi connectivity index (χ1) is 9.56. The van der Waals surface area contributed by atoms with Crippen molar-refractivity contribution in [3.8, 4) is 5.75 Å². The summed E-state index contributed by atoms with van der Waals surface area (Å²) in [5.41, 5.74) is 2.61. The van der Waals surface area contributed by atoms with E-state index >= 15 is 0 Å². The van der Waals surface area contributed by atoms with Gasteiger partial charge in [-0.05, 0) is 25.0 Å². The van der Waals surface area contributed by atoms with Crippen molar-refractivity contribution in [1.29, 1.82) is 0 Å². The molecule has 0 radical (unpaired) electrons. The predicted octanol–water partition coefficient (Wildman–Crippen LogP) is 4.41. The van der Waals surface area contributed by atoms with Crippen molar-refractivity contribution < 1.29 is 4.74 Å². The highest BCUT2D eigenvalue weighted by molar-refractivity contribution is 6.31. The lowest BCUT2D eigenvalue weighted by Crippen LogP contribution is -2.02. The zero-order valence-electron chi connectivity index (χ0n) is 11.5. The molecule has 0 aliphatic heterocycles. The second-order valence-corrected chi connectivity index (χ2v) is 5.04. The van der Waals surface area contributed by atoms with E-state index in [1.165, 1.54) is 6.33 Å². The Morgan fingerprint density at radius 2 is 2.00 bits per heavy atom. The first-order valence-corrected chi connectivity index (χ1v) is 6.93. The summed E-state index contributed by atoms with van der Waals surface area (Å²) in [5.74, 6) is 1.32. The summed E-state index contributed by atoms with van der Waals surface area (Å²) >= 11 is 12.2. The predicted molar refractivity (Wildman–Crippen MR) is 82.4 cm³/mol. The maximum absolute atomic E-state index is 6.10. The number of halogens is 2. The number of aromatic nitrogens is 2. The number of benzene rings is 1. The maximum Gasteiger partial charge on any atom is 0.143 e. The van der Waals surface area contributed by atoms with Gasteiger partial charge in [-0.1, -0.05) is 30.1 Å². The number of hydrogen-bond acceptors (Lipinski definition) is 4. The molecule has 1 aromatic carbocycles. The molecule has 0 fully saturated rings. The molecule has 106 valence electrons. The van der Waals surface area contributed by atoms with Gasteiger partial charge in [0.25, 0.3) is 0 Å². The van der Waals surface area contributed by atoms with Gasteiger partial charge < -0.3 is 10.1 Å².